The average Bonchev–Trinajstić information content (AvgIpc) is 3.28. The molecule has 168 valence electrons. The van der Waals surface area contributed by atoms with Crippen LogP contribution in [0, 0.1) is 12.8 Å². The van der Waals surface area contributed by atoms with Gasteiger partial charge in [0.2, 0.25) is 11.8 Å². The number of nitrogens with one attached hydrogen (secondary N) is 3. The Balaban J connectivity index is 1.50. The fraction of sp³-hybridized carbons (Fsp3) is 0.318. The second-order valence-electron chi connectivity index (χ2n) is 7.40. The highest BCUT2D eigenvalue weighted by molar-refractivity contribution is 8.14. The van der Waals surface area contributed by atoms with Crippen molar-refractivity contribution < 1.29 is 19.1 Å². The lowest BCUT2D eigenvalue weighted by atomic mass is 10.0. The second-order valence-corrected chi connectivity index (χ2v) is 8.34. The minimum absolute atomic E-state index is 0.0499. The number of hydrogen-bond acceptors (Lipinski definition) is 8. The Morgan fingerprint density at radius 1 is 1.22 bits per heavy atom. The molecule has 2 heterocycles. The number of hydrazine groups is 1. The van der Waals surface area contributed by atoms with Crippen LogP contribution >= 0.6 is 11.8 Å². The number of amidine groups is 1. The van der Waals surface area contributed by atoms with Crippen LogP contribution in [0.15, 0.2) is 47.5 Å². The van der Waals surface area contributed by atoms with Crippen LogP contribution in [0.4, 0.5) is 11.4 Å². The lowest BCUT2D eigenvalue weighted by molar-refractivity contribution is -0.121. The van der Waals surface area contributed by atoms with E-state index >= 15 is 0 Å². The van der Waals surface area contributed by atoms with E-state index < -0.39 is 0 Å². The first-order chi connectivity index (χ1) is 15.5. The molecule has 0 spiro atoms. The van der Waals surface area contributed by atoms with Crippen molar-refractivity contribution in [3.05, 3.63) is 48.0 Å². The molecule has 1 saturated heterocycles. The summed E-state index contributed by atoms with van der Waals surface area (Å²) in [5.41, 5.74) is 8.39. The van der Waals surface area contributed by atoms with E-state index in [2.05, 4.69) is 16.2 Å². The first kappa shape index (κ1) is 22.1. The predicted octanol–water partition coefficient (Wildman–Crippen LogP) is 2.14. The molecule has 0 bridgehead atoms. The number of benzene rings is 2. The lowest BCUT2D eigenvalue weighted by Crippen LogP contribution is -2.49. The van der Waals surface area contributed by atoms with E-state index in [0.717, 1.165) is 11.3 Å². The van der Waals surface area contributed by atoms with E-state index in [1.807, 2.05) is 31.2 Å². The summed E-state index contributed by atoms with van der Waals surface area (Å²) in [7, 11) is 3.09. The molecular formula is C22H25N5O4S. The van der Waals surface area contributed by atoms with Gasteiger partial charge in [0.15, 0.2) is 5.17 Å². The number of anilines is 2. The summed E-state index contributed by atoms with van der Waals surface area (Å²) in [6.07, 6.45) is -0.351. The molecule has 1 fully saturated rings. The van der Waals surface area contributed by atoms with Gasteiger partial charge in [-0.25, -0.2) is 10.4 Å². The van der Waals surface area contributed by atoms with Crippen LogP contribution in [-0.2, 0) is 9.59 Å². The molecule has 0 aliphatic carbocycles. The maximum Gasteiger partial charge on any atom is 0.241 e. The van der Waals surface area contributed by atoms with Crippen molar-refractivity contribution in [2.45, 2.75) is 13.1 Å². The number of fused-ring (bicyclic) bond motifs is 1. The Morgan fingerprint density at radius 3 is 2.72 bits per heavy atom. The fourth-order valence-corrected chi connectivity index (χ4v) is 4.36. The number of aryl methyl sites for hydroxylation is 1. The first-order valence-corrected chi connectivity index (χ1v) is 11.1. The highest BCUT2D eigenvalue weighted by Gasteiger charge is 2.42. The quantitative estimate of drug-likeness (QED) is 0.613. The van der Waals surface area contributed by atoms with Gasteiger partial charge in [0.05, 0.1) is 37.3 Å². The van der Waals surface area contributed by atoms with Gasteiger partial charge in [0, 0.05) is 12.6 Å². The number of thioether (sulfide) groups is 1. The predicted molar refractivity (Wildman–Crippen MR) is 125 cm³/mol. The monoisotopic (exact) mass is 455 g/mol. The van der Waals surface area contributed by atoms with Crippen LogP contribution in [0.25, 0.3) is 0 Å². The van der Waals surface area contributed by atoms with Gasteiger partial charge in [-0.2, -0.15) is 0 Å². The molecule has 0 saturated carbocycles. The van der Waals surface area contributed by atoms with Gasteiger partial charge in [0.25, 0.3) is 0 Å². The maximum atomic E-state index is 13.2. The lowest BCUT2D eigenvalue weighted by Gasteiger charge is -2.32. The van der Waals surface area contributed by atoms with Gasteiger partial charge in [-0.1, -0.05) is 29.5 Å². The SMILES string of the molecule is COc1ccc(NC(=O)CSC2=NC3NNCC3C(=O)N2c2ccc(C)cc2)c(OC)c1. The smallest absolute Gasteiger partial charge is 0.241 e. The van der Waals surface area contributed by atoms with Crippen molar-refractivity contribution in [2.75, 3.05) is 36.7 Å². The fourth-order valence-electron chi connectivity index (χ4n) is 3.52. The minimum atomic E-state index is -0.351. The zero-order valence-corrected chi connectivity index (χ0v) is 18.9. The number of aliphatic imine (C=N–C) groups is 1. The van der Waals surface area contributed by atoms with Gasteiger partial charge in [-0.3, -0.25) is 19.9 Å². The molecule has 9 nitrogen and oxygen atoms in total. The summed E-state index contributed by atoms with van der Waals surface area (Å²) in [4.78, 5) is 32.2. The number of amides is 2. The van der Waals surface area contributed by atoms with Crippen molar-refractivity contribution in [3.8, 4) is 11.5 Å². The van der Waals surface area contributed by atoms with Gasteiger partial charge in [-0.05, 0) is 31.2 Å². The summed E-state index contributed by atoms with van der Waals surface area (Å²) >= 11 is 1.22. The number of hydrogen-bond donors (Lipinski definition) is 3. The third-order valence-electron chi connectivity index (χ3n) is 5.24. The van der Waals surface area contributed by atoms with Gasteiger partial charge in [-0.15, -0.1) is 0 Å². The molecular weight excluding hydrogens is 430 g/mol. The highest BCUT2D eigenvalue weighted by atomic mass is 32.2. The number of rotatable bonds is 6. The minimum Gasteiger partial charge on any atom is -0.497 e. The summed E-state index contributed by atoms with van der Waals surface area (Å²) in [5, 5.41) is 3.32. The van der Waals surface area contributed by atoms with Crippen molar-refractivity contribution in [1.29, 1.82) is 0 Å². The summed E-state index contributed by atoms with van der Waals surface area (Å²) in [6.45, 7) is 2.50. The van der Waals surface area contributed by atoms with Crippen molar-refractivity contribution in [2.24, 2.45) is 10.9 Å². The van der Waals surface area contributed by atoms with Crippen molar-refractivity contribution in [3.63, 3.8) is 0 Å². The molecule has 4 rings (SSSR count). The average molecular weight is 456 g/mol. The van der Waals surface area contributed by atoms with E-state index in [-0.39, 0.29) is 29.7 Å². The molecule has 2 atom stereocenters. The normalized spacial score (nSPS) is 19.9. The Morgan fingerprint density at radius 2 is 2.00 bits per heavy atom. The Hall–Kier alpha value is -3.08. The van der Waals surface area contributed by atoms with Crippen LogP contribution < -0.4 is 30.5 Å². The third kappa shape index (κ3) is 4.57. The first-order valence-electron chi connectivity index (χ1n) is 10.1. The molecule has 2 amide bonds. The van der Waals surface area contributed by atoms with E-state index in [9.17, 15) is 9.59 Å². The van der Waals surface area contributed by atoms with Crippen LogP contribution in [0.5, 0.6) is 11.5 Å². The topological polar surface area (TPSA) is 104 Å². The van der Waals surface area contributed by atoms with Crippen molar-refractivity contribution in [1.82, 2.24) is 10.9 Å². The molecule has 32 heavy (non-hydrogen) atoms. The number of methoxy groups -OCH3 is 2. The zero-order chi connectivity index (χ0) is 22.7. The Bertz CT molecular complexity index is 1040. The number of ether oxygens (including phenoxy) is 2. The van der Waals surface area contributed by atoms with Gasteiger partial charge >= 0.3 is 0 Å². The largest absolute Gasteiger partial charge is 0.497 e. The van der Waals surface area contributed by atoms with Crippen LogP contribution in [0.2, 0.25) is 0 Å². The molecule has 2 aromatic rings. The van der Waals surface area contributed by atoms with E-state index in [4.69, 9.17) is 14.5 Å². The van der Waals surface area contributed by atoms with Crippen LogP contribution in [0.1, 0.15) is 5.56 Å². The van der Waals surface area contributed by atoms with E-state index in [1.54, 1.807) is 30.2 Å². The summed E-state index contributed by atoms with van der Waals surface area (Å²) < 4.78 is 10.5. The number of carbonyl (C=O) groups excluding carboxylic acids is 2. The second kappa shape index (κ2) is 9.60. The summed E-state index contributed by atoms with van der Waals surface area (Å²) in [5.74, 6) is 0.624. The number of nitrogens with zero attached hydrogens (tertiary/aromatic N) is 2. The molecule has 0 aromatic heterocycles. The molecule has 2 aromatic carbocycles. The van der Waals surface area contributed by atoms with Crippen LogP contribution in [0.3, 0.4) is 0 Å². The van der Waals surface area contributed by atoms with E-state index in [0.29, 0.717) is 28.9 Å². The zero-order valence-electron chi connectivity index (χ0n) is 18.0. The summed E-state index contributed by atoms with van der Waals surface area (Å²) in [6, 6.07) is 12.8. The van der Waals surface area contributed by atoms with Crippen LogP contribution in [-0.4, -0.2) is 49.7 Å². The van der Waals surface area contributed by atoms with Crippen molar-refractivity contribution >= 4 is 40.1 Å². The molecule has 2 aliphatic rings. The third-order valence-corrected chi connectivity index (χ3v) is 6.19. The highest BCUT2D eigenvalue weighted by Crippen LogP contribution is 2.31. The maximum absolute atomic E-state index is 13.2. The van der Waals surface area contributed by atoms with E-state index in [1.165, 1.54) is 18.9 Å². The standard InChI is InChI=1S/C22H25N5O4S/c1-13-4-6-14(7-5-13)27-21(29)16-11-23-26-20(16)25-22(27)32-12-19(28)24-17-9-8-15(30-2)10-18(17)31-3/h4-10,16,20,23,26H,11-12H2,1-3H3,(H,24,28). The molecule has 3 N–H and O–H groups in total. The molecule has 2 aliphatic heterocycles. The Kier molecular flexibility index (Phi) is 6.63. The molecule has 10 heteroatoms. The molecule has 0 radical (unpaired) electrons. The van der Waals surface area contributed by atoms with Gasteiger partial charge in [0.1, 0.15) is 17.7 Å². The number of carbonyl (C=O) groups is 2. The molecule has 2 unspecified atom stereocenters. The Labute approximate surface area is 190 Å². The van der Waals surface area contributed by atoms with Gasteiger partial charge < -0.3 is 14.8 Å².